The second-order valence-corrected chi connectivity index (χ2v) is 6.02. The summed E-state index contributed by atoms with van der Waals surface area (Å²) >= 11 is 5.70. The summed E-state index contributed by atoms with van der Waals surface area (Å²) in [6.07, 6.45) is -0.284. The monoisotopic (exact) mass is 291 g/mol. The van der Waals surface area contributed by atoms with E-state index >= 15 is 0 Å². The van der Waals surface area contributed by atoms with Crippen LogP contribution in [0.15, 0.2) is 29.2 Å². The van der Waals surface area contributed by atoms with Crippen molar-refractivity contribution in [3.63, 3.8) is 0 Å². The van der Waals surface area contributed by atoms with Gasteiger partial charge in [-0.05, 0) is 32.0 Å². The Morgan fingerprint density at radius 2 is 2.11 bits per heavy atom. The number of carbonyl (C=O) groups is 1. The molecule has 5 nitrogen and oxygen atoms in total. The van der Waals surface area contributed by atoms with E-state index in [0.29, 0.717) is 5.02 Å². The van der Waals surface area contributed by atoms with Gasteiger partial charge in [-0.25, -0.2) is 8.42 Å². The van der Waals surface area contributed by atoms with Crippen LogP contribution < -0.4 is 4.72 Å². The molecule has 1 rings (SSSR count). The molecule has 1 aromatic rings. The molecule has 0 saturated carbocycles. The van der Waals surface area contributed by atoms with Crippen molar-refractivity contribution in [3.8, 4) is 0 Å². The van der Waals surface area contributed by atoms with E-state index in [1.807, 2.05) is 0 Å². The summed E-state index contributed by atoms with van der Waals surface area (Å²) in [7, 11) is -3.75. The third-order valence-corrected chi connectivity index (χ3v) is 3.51. The molecule has 0 unspecified atom stereocenters. The Labute approximate surface area is 111 Å². The molecule has 18 heavy (non-hydrogen) atoms. The largest absolute Gasteiger partial charge is 0.462 e. The molecule has 0 saturated heterocycles. The highest BCUT2D eigenvalue weighted by Crippen LogP contribution is 2.14. The van der Waals surface area contributed by atoms with Gasteiger partial charge in [-0.3, -0.25) is 4.79 Å². The molecule has 0 radical (unpaired) electrons. The first kappa shape index (κ1) is 14.9. The van der Waals surface area contributed by atoms with Crippen molar-refractivity contribution >= 4 is 27.6 Å². The van der Waals surface area contributed by atoms with Gasteiger partial charge < -0.3 is 4.74 Å². The summed E-state index contributed by atoms with van der Waals surface area (Å²) < 4.78 is 30.6. The van der Waals surface area contributed by atoms with Crippen molar-refractivity contribution in [1.29, 1.82) is 0 Å². The number of carbonyl (C=O) groups excluding carboxylic acids is 1. The van der Waals surface area contributed by atoms with Crippen LogP contribution in [0.4, 0.5) is 0 Å². The van der Waals surface area contributed by atoms with E-state index in [2.05, 4.69) is 4.72 Å². The second kappa shape index (κ2) is 6.17. The predicted molar refractivity (Wildman–Crippen MR) is 67.9 cm³/mol. The van der Waals surface area contributed by atoms with Crippen molar-refractivity contribution in [2.75, 3.05) is 6.54 Å². The molecule has 0 spiro atoms. The van der Waals surface area contributed by atoms with Crippen LogP contribution in [0.25, 0.3) is 0 Å². The molecule has 100 valence electrons. The maximum Gasteiger partial charge on any atom is 0.321 e. The van der Waals surface area contributed by atoms with Crippen LogP contribution in [-0.2, 0) is 19.6 Å². The van der Waals surface area contributed by atoms with Gasteiger partial charge in [-0.2, -0.15) is 4.72 Å². The lowest BCUT2D eigenvalue weighted by atomic mass is 10.4. The third kappa shape index (κ3) is 4.64. The van der Waals surface area contributed by atoms with E-state index in [-0.39, 0.29) is 11.0 Å². The van der Waals surface area contributed by atoms with Crippen molar-refractivity contribution in [2.45, 2.75) is 24.8 Å². The number of nitrogens with one attached hydrogen (secondary N) is 1. The van der Waals surface area contributed by atoms with Crippen LogP contribution in [-0.4, -0.2) is 27.0 Å². The SMILES string of the molecule is CC(C)OC(=O)CNS(=O)(=O)c1cccc(Cl)c1. The minimum atomic E-state index is -3.75. The Morgan fingerprint density at radius 3 is 2.67 bits per heavy atom. The lowest BCUT2D eigenvalue weighted by Gasteiger charge is -2.09. The topological polar surface area (TPSA) is 72.5 Å². The average Bonchev–Trinajstić information content (AvgIpc) is 2.26. The fourth-order valence-electron chi connectivity index (χ4n) is 1.18. The molecular weight excluding hydrogens is 278 g/mol. The van der Waals surface area contributed by atoms with Gasteiger partial charge in [0.2, 0.25) is 10.0 Å². The molecular formula is C11H14ClNO4S. The van der Waals surface area contributed by atoms with Crippen LogP contribution >= 0.6 is 11.6 Å². The molecule has 0 aliphatic rings. The van der Waals surface area contributed by atoms with Gasteiger partial charge >= 0.3 is 5.97 Å². The number of esters is 1. The Morgan fingerprint density at radius 1 is 1.44 bits per heavy atom. The molecule has 0 fully saturated rings. The van der Waals surface area contributed by atoms with E-state index < -0.39 is 22.5 Å². The molecule has 7 heteroatoms. The zero-order valence-corrected chi connectivity index (χ0v) is 11.6. The van der Waals surface area contributed by atoms with E-state index in [1.165, 1.54) is 18.2 Å². The van der Waals surface area contributed by atoms with Crippen LogP contribution in [0.2, 0.25) is 5.02 Å². The van der Waals surface area contributed by atoms with Crippen LogP contribution in [0.3, 0.4) is 0 Å². The standard InChI is InChI=1S/C11H14ClNO4S/c1-8(2)17-11(14)7-13-18(15,16)10-5-3-4-9(12)6-10/h3-6,8,13H,7H2,1-2H3. The Kier molecular flexibility index (Phi) is 5.13. The summed E-state index contributed by atoms with van der Waals surface area (Å²) in [5, 5.41) is 0.308. The first-order chi connectivity index (χ1) is 8.31. The van der Waals surface area contributed by atoms with Gasteiger partial charge in [0.25, 0.3) is 0 Å². The maximum atomic E-state index is 11.8. The highest BCUT2D eigenvalue weighted by Gasteiger charge is 2.16. The quantitative estimate of drug-likeness (QED) is 0.836. The van der Waals surface area contributed by atoms with Gasteiger partial charge in [-0.1, -0.05) is 17.7 Å². The Bertz CT molecular complexity index is 528. The number of rotatable bonds is 5. The normalized spacial score (nSPS) is 11.6. The van der Waals surface area contributed by atoms with E-state index in [1.54, 1.807) is 19.9 Å². The average molecular weight is 292 g/mol. The highest BCUT2D eigenvalue weighted by atomic mass is 35.5. The Balaban J connectivity index is 2.69. The van der Waals surface area contributed by atoms with Crippen LogP contribution in [0.1, 0.15) is 13.8 Å². The van der Waals surface area contributed by atoms with Crippen molar-refractivity contribution in [1.82, 2.24) is 4.72 Å². The summed E-state index contributed by atoms with van der Waals surface area (Å²) in [6, 6.07) is 5.77. The number of benzene rings is 1. The molecule has 0 atom stereocenters. The van der Waals surface area contributed by atoms with Crippen molar-refractivity contribution in [2.24, 2.45) is 0 Å². The lowest BCUT2D eigenvalue weighted by molar-refractivity contribution is -0.145. The molecule has 0 aliphatic carbocycles. The fraction of sp³-hybridized carbons (Fsp3) is 0.364. The van der Waals surface area contributed by atoms with Gasteiger partial charge in [0, 0.05) is 5.02 Å². The maximum absolute atomic E-state index is 11.8. The van der Waals surface area contributed by atoms with E-state index in [0.717, 1.165) is 0 Å². The molecule has 0 aliphatic heterocycles. The number of sulfonamides is 1. The molecule has 0 bridgehead atoms. The first-order valence-corrected chi connectivity index (χ1v) is 7.12. The predicted octanol–water partition coefficient (Wildman–Crippen LogP) is 1.57. The summed E-state index contributed by atoms with van der Waals surface area (Å²) in [6.45, 7) is 2.96. The summed E-state index contributed by atoms with van der Waals surface area (Å²) in [4.78, 5) is 11.2. The molecule has 1 aromatic carbocycles. The number of halogens is 1. The molecule has 1 N–H and O–H groups in total. The zero-order chi connectivity index (χ0) is 13.8. The molecule has 0 heterocycles. The van der Waals surface area contributed by atoms with E-state index in [4.69, 9.17) is 16.3 Å². The first-order valence-electron chi connectivity index (χ1n) is 5.26. The number of ether oxygens (including phenoxy) is 1. The van der Waals surface area contributed by atoms with Crippen molar-refractivity contribution < 1.29 is 17.9 Å². The van der Waals surface area contributed by atoms with Gasteiger partial charge in [0.15, 0.2) is 0 Å². The van der Waals surface area contributed by atoms with Gasteiger partial charge in [0.05, 0.1) is 11.0 Å². The molecule has 0 amide bonds. The van der Waals surface area contributed by atoms with Crippen LogP contribution in [0.5, 0.6) is 0 Å². The number of hydrogen-bond acceptors (Lipinski definition) is 4. The third-order valence-electron chi connectivity index (χ3n) is 1.88. The second-order valence-electron chi connectivity index (χ2n) is 3.82. The fourth-order valence-corrected chi connectivity index (χ4v) is 2.45. The van der Waals surface area contributed by atoms with Crippen LogP contribution in [0, 0.1) is 0 Å². The van der Waals surface area contributed by atoms with Crippen molar-refractivity contribution in [3.05, 3.63) is 29.3 Å². The Hall–Kier alpha value is -1.11. The van der Waals surface area contributed by atoms with Gasteiger partial charge in [-0.15, -0.1) is 0 Å². The minimum absolute atomic E-state index is 0.00680. The summed E-state index contributed by atoms with van der Waals surface area (Å²) in [5.41, 5.74) is 0. The minimum Gasteiger partial charge on any atom is -0.462 e. The zero-order valence-electron chi connectivity index (χ0n) is 10.0. The highest BCUT2D eigenvalue weighted by molar-refractivity contribution is 7.89. The van der Waals surface area contributed by atoms with E-state index in [9.17, 15) is 13.2 Å². The number of hydrogen-bond donors (Lipinski definition) is 1. The summed E-state index contributed by atoms with van der Waals surface area (Å²) in [5.74, 6) is -0.629. The molecule has 0 aromatic heterocycles. The lowest BCUT2D eigenvalue weighted by Crippen LogP contribution is -2.31. The van der Waals surface area contributed by atoms with Gasteiger partial charge in [0.1, 0.15) is 6.54 Å². The smallest absolute Gasteiger partial charge is 0.321 e.